The van der Waals surface area contributed by atoms with Crippen LogP contribution in [0.3, 0.4) is 0 Å². The number of carboxylic acids is 1. The van der Waals surface area contributed by atoms with Crippen LogP contribution in [0.15, 0.2) is 23.1 Å². The fourth-order valence-corrected chi connectivity index (χ4v) is 3.30. The second kappa shape index (κ2) is 4.59. The number of carbonyl (C=O) groups is 1. The van der Waals surface area contributed by atoms with Crippen LogP contribution in [-0.4, -0.2) is 46.1 Å². The summed E-state index contributed by atoms with van der Waals surface area (Å²) in [6.07, 6.45) is 0. The molecular weight excluding hydrogens is 278 g/mol. The monoisotopic (exact) mass is 287 g/mol. The van der Waals surface area contributed by atoms with Gasteiger partial charge in [-0.25, -0.2) is 8.42 Å². The van der Waals surface area contributed by atoms with E-state index in [9.17, 15) is 13.2 Å². The lowest BCUT2D eigenvalue weighted by Crippen LogP contribution is -2.32. The van der Waals surface area contributed by atoms with Crippen molar-refractivity contribution in [2.45, 2.75) is 4.90 Å². The van der Waals surface area contributed by atoms with Gasteiger partial charge in [-0.3, -0.25) is 4.79 Å². The number of carboxylic acid groups (broad SMARTS) is 1. The maximum Gasteiger partial charge on any atom is 0.318 e. The number of likely N-dealkylation sites (N-methyl/N-ethyl adjacent to an activating group) is 1. The van der Waals surface area contributed by atoms with Crippen molar-refractivity contribution in [3.05, 3.63) is 18.2 Å². The van der Waals surface area contributed by atoms with Crippen molar-refractivity contribution in [1.29, 1.82) is 0 Å². The van der Waals surface area contributed by atoms with Crippen molar-refractivity contribution >= 4 is 38.8 Å². The molecule has 0 unspecified atom stereocenters. The van der Waals surface area contributed by atoms with Crippen molar-refractivity contribution in [2.75, 3.05) is 13.6 Å². The highest BCUT2D eigenvalue weighted by atomic mass is 32.2. The summed E-state index contributed by atoms with van der Waals surface area (Å²) in [5.41, 5.74) is 0.740. The molecule has 0 aliphatic heterocycles. The van der Waals surface area contributed by atoms with Gasteiger partial charge in [0.15, 0.2) is 0 Å². The fourth-order valence-electron chi connectivity index (χ4n) is 1.43. The minimum absolute atomic E-state index is 0.0301. The van der Waals surface area contributed by atoms with Crippen LogP contribution in [0, 0.1) is 0 Å². The molecule has 0 saturated carbocycles. The number of sulfonamides is 1. The molecule has 0 spiro atoms. The van der Waals surface area contributed by atoms with E-state index in [2.05, 4.69) is 8.75 Å². The van der Waals surface area contributed by atoms with Gasteiger partial charge in [0.2, 0.25) is 10.0 Å². The normalized spacial score (nSPS) is 12.1. The molecular formula is C9H9N3O4S2. The Labute approximate surface area is 107 Å². The van der Waals surface area contributed by atoms with Crippen LogP contribution in [0.25, 0.3) is 11.0 Å². The smallest absolute Gasteiger partial charge is 0.318 e. The SMILES string of the molecule is CN(CC(=O)O)S(=O)(=O)c1cccc2nsnc12. The minimum atomic E-state index is -3.87. The maximum absolute atomic E-state index is 12.2. The van der Waals surface area contributed by atoms with Gasteiger partial charge in [0, 0.05) is 7.05 Å². The summed E-state index contributed by atoms with van der Waals surface area (Å²) >= 11 is 0.909. The van der Waals surface area contributed by atoms with Crippen molar-refractivity contribution in [1.82, 2.24) is 13.1 Å². The van der Waals surface area contributed by atoms with Crippen LogP contribution in [0.5, 0.6) is 0 Å². The number of aliphatic carboxylic acids is 1. The largest absolute Gasteiger partial charge is 0.480 e. The molecule has 0 aliphatic carbocycles. The Bertz CT molecular complexity index is 695. The molecule has 1 aromatic carbocycles. The molecule has 1 N–H and O–H groups in total. The van der Waals surface area contributed by atoms with Crippen molar-refractivity contribution < 1.29 is 18.3 Å². The molecule has 0 aliphatic rings. The van der Waals surface area contributed by atoms with Crippen LogP contribution in [0.4, 0.5) is 0 Å². The van der Waals surface area contributed by atoms with Crippen molar-refractivity contribution in [3.8, 4) is 0 Å². The fraction of sp³-hybridized carbons (Fsp3) is 0.222. The van der Waals surface area contributed by atoms with Gasteiger partial charge in [-0.05, 0) is 12.1 Å². The van der Waals surface area contributed by atoms with Gasteiger partial charge >= 0.3 is 5.97 Å². The number of rotatable bonds is 4. The lowest BCUT2D eigenvalue weighted by molar-refractivity contribution is -0.137. The standard InChI is InChI=1S/C9H9N3O4S2/c1-12(5-8(13)14)18(15,16)7-4-2-3-6-9(7)11-17-10-6/h2-4H,5H2,1H3,(H,13,14). The number of fused-ring (bicyclic) bond motifs is 1. The average molecular weight is 287 g/mol. The molecule has 0 saturated heterocycles. The number of nitrogens with zero attached hydrogens (tertiary/aromatic N) is 3. The molecule has 18 heavy (non-hydrogen) atoms. The van der Waals surface area contributed by atoms with Crippen LogP contribution < -0.4 is 0 Å². The van der Waals surface area contributed by atoms with Crippen LogP contribution in [-0.2, 0) is 14.8 Å². The van der Waals surface area contributed by atoms with E-state index in [4.69, 9.17) is 5.11 Å². The van der Waals surface area contributed by atoms with Crippen LogP contribution in [0.1, 0.15) is 0 Å². The summed E-state index contributed by atoms with van der Waals surface area (Å²) in [5, 5.41) is 8.64. The van der Waals surface area contributed by atoms with E-state index in [0.29, 0.717) is 5.52 Å². The number of hydrogen-bond donors (Lipinski definition) is 1. The van der Waals surface area contributed by atoms with E-state index in [1.165, 1.54) is 13.1 Å². The van der Waals surface area contributed by atoms with E-state index in [-0.39, 0.29) is 10.4 Å². The van der Waals surface area contributed by atoms with Gasteiger partial charge in [0.05, 0.1) is 11.7 Å². The third-order valence-corrected chi connectivity index (χ3v) is 4.67. The zero-order chi connectivity index (χ0) is 13.3. The zero-order valence-corrected chi connectivity index (χ0v) is 10.9. The highest BCUT2D eigenvalue weighted by Gasteiger charge is 2.25. The highest BCUT2D eigenvalue weighted by Crippen LogP contribution is 2.23. The first-order valence-corrected chi connectivity index (χ1v) is 6.99. The summed E-state index contributed by atoms with van der Waals surface area (Å²) in [4.78, 5) is 10.5. The van der Waals surface area contributed by atoms with E-state index >= 15 is 0 Å². The molecule has 2 rings (SSSR count). The maximum atomic E-state index is 12.2. The Morgan fingerprint density at radius 3 is 2.83 bits per heavy atom. The van der Waals surface area contributed by atoms with Gasteiger partial charge in [-0.1, -0.05) is 6.07 Å². The Morgan fingerprint density at radius 1 is 1.44 bits per heavy atom. The highest BCUT2D eigenvalue weighted by molar-refractivity contribution is 7.89. The lowest BCUT2D eigenvalue weighted by Gasteiger charge is -2.14. The average Bonchev–Trinajstić information content (AvgIpc) is 2.75. The molecule has 0 atom stereocenters. The predicted octanol–water partition coefficient (Wildman–Crippen LogP) is 0.396. The van der Waals surface area contributed by atoms with Gasteiger partial charge in [-0.15, -0.1) is 0 Å². The predicted molar refractivity (Wildman–Crippen MR) is 64.9 cm³/mol. The molecule has 0 bridgehead atoms. The second-order valence-corrected chi connectivity index (χ2v) is 6.08. The zero-order valence-electron chi connectivity index (χ0n) is 9.27. The molecule has 0 fully saturated rings. The Hall–Kier alpha value is -1.58. The Balaban J connectivity index is 2.53. The van der Waals surface area contributed by atoms with Crippen LogP contribution >= 0.6 is 11.7 Å². The number of hydrogen-bond acceptors (Lipinski definition) is 6. The van der Waals surface area contributed by atoms with Gasteiger partial charge < -0.3 is 5.11 Å². The summed E-state index contributed by atoms with van der Waals surface area (Å²) in [6.45, 7) is -0.601. The summed E-state index contributed by atoms with van der Waals surface area (Å²) in [6, 6.07) is 4.58. The first-order chi connectivity index (χ1) is 8.43. The van der Waals surface area contributed by atoms with Crippen LogP contribution in [0.2, 0.25) is 0 Å². The lowest BCUT2D eigenvalue weighted by atomic mass is 10.3. The van der Waals surface area contributed by atoms with E-state index in [1.807, 2.05) is 0 Å². The number of benzene rings is 1. The van der Waals surface area contributed by atoms with Gasteiger partial charge in [0.1, 0.15) is 22.5 Å². The molecule has 9 heteroatoms. The first-order valence-electron chi connectivity index (χ1n) is 4.82. The van der Waals surface area contributed by atoms with E-state index < -0.39 is 22.5 Å². The summed E-state index contributed by atoms with van der Waals surface area (Å²) in [7, 11) is -2.66. The molecule has 2 aromatic rings. The minimum Gasteiger partial charge on any atom is -0.480 e. The molecule has 1 aromatic heterocycles. The third-order valence-electron chi connectivity index (χ3n) is 2.30. The van der Waals surface area contributed by atoms with Crippen molar-refractivity contribution in [2.24, 2.45) is 0 Å². The molecule has 96 valence electrons. The van der Waals surface area contributed by atoms with Crippen molar-refractivity contribution in [3.63, 3.8) is 0 Å². The van der Waals surface area contributed by atoms with E-state index in [1.54, 1.807) is 12.1 Å². The topological polar surface area (TPSA) is 100 Å². The third kappa shape index (κ3) is 2.19. The van der Waals surface area contributed by atoms with Gasteiger partial charge in [-0.2, -0.15) is 13.1 Å². The summed E-state index contributed by atoms with van der Waals surface area (Å²) < 4.78 is 33.0. The molecule has 0 radical (unpaired) electrons. The quantitative estimate of drug-likeness (QED) is 0.873. The molecule has 7 nitrogen and oxygen atoms in total. The van der Waals surface area contributed by atoms with Gasteiger partial charge in [0.25, 0.3) is 0 Å². The Kier molecular flexibility index (Phi) is 3.28. The first kappa shape index (κ1) is 12.9. The summed E-state index contributed by atoms with van der Waals surface area (Å²) in [5.74, 6) is -1.22. The number of aromatic nitrogens is 2. The Morgan fingerprint density at radius 2 is 2.17 bits per heavy atom. The van der Waals surface area contributed by atoms with E-state index in [0.717, 1.165) is 16.0 Å². The molecule has 0 amide bonds. The second-order valence-electron chi connectivity index (χ2n) is 3.54. The molecule has 1 heterocycles.